The number of hydrogen-bond donors (Lipinski definition) is 1. The van der Waals surface area contributed by atoms with Crippen molar-refractivity contribution in [3.8, 4) is 11.8 Å². The minimum Gasteiger partial charge on any atom is -0.497 e. The standard InChI is InChI=1S/C21H23N5O.ClH/c1-27-18-8-9-19-20(11-18)26(13-16-6-4-15(12-22)5-7-16)21(24-19)25-10-2-3-17(23)14-25;/h4-9,11,17H,2-3,10,13-14,23H2,1H3;1H/t17-;/m0./s1. The average molecular weight is 398 g/mol. The number of nitrogens with zero attached hydrogens (tertiary/aromatic N) is 4. The van der Waals surface area contributed by atoms with Crippen molar-refractivity contribution in [1.29, 1.82) is 5.26 Å². The van der Waals surface area contributed by atoms with Gasteiger partial charge < -0.3 is 19.9 Å². The summed E-state index contributed by atoms with van der Waals surface area (Å²) in [5, 5.41) is 9.03. The van der Waals surface area contributed by atoms with Crippen molar-refractivity contribution in [3.05, 3.63) is 53.6 Å². The van der Waals surface area contributed by atoms with Crippen molar-refractivity contribution in [3.63, 3.8) is 0 Å². The molecule has 1 atom stereocenters. The molecular formula is C21H24ClN5O. The Morgan fingerprint density at radius 2 is 2.04 bits per heavy atom. The highest BCUT2D eigenvalue weighted by Crippen LogP contribution is 2.29. The summed E-state index contributed by atoms with van der Waals surface area (Å²) < 4.78 is 7.64. The smallest absolute Gasteiger partial charge is 0.206 e. The van der Waals surface area contributed by atoms with E-state index in [1.807, 2.05) is 42.5 Å². The van der Waals surface area contributed by atoms with E-state index in [9.17, 15) is 0 Å². The average Bonchev–Trinajstić information content (AvgIpc) is 3.06. The van der Waals surface area contributed by atoms with E-state index in [0.29, 0.717) is 12.1 Å². The van der Waals surface area contributed by atoms with Crippen LogP contribution >= 0.6 is 12.4 Å². The maximum Gasteiger partial charge on any atom is 0.206 e. The van der Waals surface area contributed by atoms with Crippen LogP contribution in [0.25, 0.3) is 11.0 Å². The van der Waals surface area contributed by atoms with E-state index in [4.69, 9.17) is 20.7 Å². The van der Waals surface area contributed by atoms with Crippen molar-refractivity contribution in [2.24, 2.45) is 5.73 Å². The molecule has 28 heavy (non-hydrogen) atoms. The van der Waals surface area contributed by atoms with E-state index < -0.39 is 0 Å². The Morgan fingerprint density at radius 3 is 2.71 bits per heavy atom. The molecule has 0 radical (unpaired) electrons. The molecular weight excluding hydrogens is 374 g/mol. The van der Waals surface area contributed by atoms with Gasteiger partial charge >= 0.3 is 0 Å². The second-order valence-electron chi connectivity index (χ2n) is 7.01. The Kier molecular flexibility index (Phi) is 6.08. The van der Waals surface area contributed by atoms with Gasteiger partial charge in [-0.15, -0.1) is 12.4 Å². The summed E-state index contributed by atoms with van der Waals surface area (Å²) in [6.07, 6.45) is 2.13. The summed E-state index contributed by atoms with van der Waals surface area (Å²) in [4.78, 5) is 7.18. The van der Waals surface area contributed by atoms with Gasteiger partial charge in [0.05, 0.1) is 36.3 Å². The van der Waals surface area contributed by atoms with Gasteiger partial charge in [0.25, 0.3) is 0 Å². The first-order chi connectivity index (χ1) is 13.2. The highest BCUT2D eigenvalue weighted by Gasteiger charge is 2.23. The molecule has 3 aromatic rings. The lowest BCUT2D eigenvalue weighted by atomic mass is 10.1. The number of ether oxygens (including phenoxy) is 1. The fourth-order valence-corrected chi connectivity index (χ4v) is 3.67. The van der Waals surface area contributed by atoms with Gasteiger partial charge in [0.2, 0.25) is 5.95 Å². The van der Waals surface area contributed by atoms with Crippen LogP contribution < -0.4 is 15.4 Å². The monoisotopic (exact) mass is 397 g/mol. The molecule has 2 heterocycles. The molecule has 0 bridgehead atoms. The van der Waals surface area contributed by atoms with Gasteiger partial charge in [0.1, 0.15) is 5.75 Å². The van der Waals surface area contributed by atoms with E-state index in [-0.39, 0.29) is 18.4 Å². The Morgan fingerprint density at radius 1 is 1.25 bits per heavy atom. The van der Waals surface area contributed by atoms with Crippen molar-refractivity contribution in [2.45, 2.75) is 25.4 Å². The molecule has 1 saturated heterocycles. The Balaban J connectivity index is 0.00000225. The molecule has 2 aromatic carbocycles. The first-order valence-electron chi connectivity index (χ1n) is 9.22. The minimum absolute atomic E-state index is 0. The summed E-state index contributed by atoms with van der Waals surface area (Å²) in [7, 11) is 1.67. The number of anilines is 1. The van der Waals surface area contributed by atoms with Crippen molar-refractivity contribution < 1.29 is 4.74 Å². The third-order valence-electron chi connectivity index (χ3n) is 5.10. The van der Waals surface area contributed by atoms with Gasteiger partial charge in [-0.1, -0.05) is 12.1 Å². The number of nitrogens with two attached hydrogens (primary N) is 1. The van der Waals surface area contributed by atoms with Crippen molar-refractivity contribution in [1.82, 2.24) is 9.55 Å². The second-order valence-corrected chi connectivity index (χ2v) is 7.01. The third-order valence-corrected chi connectivity index (χ3v) is 5.10. The molecule has 0 saturated carbocycles. The van der Waals surface area contributed by atoms with Gasteiger partial charge in [-0.05, 0) is 42.7 Å². The summed E-state index contributed by atoms with van der Waals surface area (Å²) in [5.74, 6) is 1.75. The molecule has 7 heteroatoms. The predicted octanol–water partition coefficient (Wildman–Crippen LogP) is 3.31. The van der Waals surface area contributed by atoms with Gasteiger partial charge in [0.15, 0.2) is 0 Å². The lowest BCUT2D eigenvalue weighted by Crippen LogP contribution is -2.44. The highest BCUT2D eigenvalue weighted by atomic mass is 35.5. The van der Waals surface area contributed by atoms with Crippen LogP contribution in [0.5, 0.6) is 5.75 Å². The lowest BCUT2D eigenvalue weighted by Gasteiger charge is -2.32. The van der Waals surface area contributed by atoms with E-state index in [1.54, 1.807) is 7.11 Å². The van der Waals surface area contributed by atoms with Crippen LogP contribution in [-0.2, 0) is 6.54 Å². The topological polar surface area (TPSA) is 80.1 Å². The number of aromatic nitrogens is 2. The maximum absolute atomic E-state index is 9.03. The zero-order valence-corrected chi connectivity index (χ0v) is 16.7. The molecule has 0 amide bonds. The van der Waals surface area contributed by atoms with Crippen LogP contribution in [0.4, 0.5) is 5.95 Å². The zero-order valence-electron chi connectivity index (χ0n) is 15.8. The number of benzene rings is 2. The molecule has 4 rings (SSSR count). The van der Waals surface area contributed by atoms with Gasteiger partial charge in [-0.3, -0.25) is 0 Å². The van der Waals surface area contributed by atoms with Crippen LogP contribution in [0.2, 0.25) is 0 Å². The number of nitriles is 1. The van der Waals surface area contributed by atoms with Crippen LogP contribution in [0, 0.1) is 11.3 Å². The number of fused-ring (bicyclic) bond motifs is 1. The second kappa shape index (κ2) is 8.51. The fraction of sp³-hybridized carbons (Fsp3) is 0.333. The third kappa shape index (κ3) is 3.91. The van der Waals surface area contributed by atoms with Crippen LogP contribution in [0.3, 0.4) is 0 Å². The van der Waals surface area contributed by atoms with Gasteiger partial charge in [-0.2, -0.15) is 5.26 Å². The number of piperidine rings is 1. The van der Waals surface area contributed by atoms with E-state index >= 15 is 0 Å². The molecule has 1 aromatic heterocycles. The molecule has 1 aliphatic rings. The largest absolute Gasteiger partial charge is 0.497 e. The number of imidazole rings is 1. The molecule has 0 spiro atoms. The summed E-state index contributed by atoms with van der Waals surface area (Å²) in [5.41, 5.74) is 9.97. The normalized spacial score (nSPS) is 16.5. The molecule has 1 aliphatic heterocycles. The molecule has 0 aliphatic carbocycles. The fourth-order valence-electron chi connectivity index (χ4n) is 3.67. The van der Waals surface area contributed by atoms with E-state index in [0.717, 1.165) is 54.2 Å². The maximum atomic E-state index is 9.03. The Bertz CT molecular complexity index is 992. The zero-order chi connectivity index (χ0) is 18.8. The highest BCUT2D eigenvalue weighted by molar-refractivity contribution is 5.85. The van der Waals surface area contributed by atoms with Crippen LogP contribution in [0.1, 0.15) is 24.0 Å². The first kappa shape index (κ1) is 20.0. The summed E-state index contributed by atoms with van der Waals surface area (Å²) in [6, 6.07) is 16.0. The van der Waals surface area contributed by atoms with Gasteiger partial charge in [-0.25, -0.2) is 4.98 Å². The molecule has 2 N–H and O–H groups in total. The quantitative estimate of drug-likeness (QED) is 0.730. The predicted molar refractivity (Wildman–Crippen MR) is 113 cm³/mol. The summed E-state index contributed by atoms with van der Waals surface area (Å²) in [6.45, 7) is 2.45. The molecule has 6 nitrogen and oxygen atoms in total. The lowest BCUT2D eigenvalue weighted by molar-refractivity contribution is 0.415. The molecule has 0 unspecified atom stereocenters. The summed E-state index contributed by atoms with van der Waals surface area (Å²) >= 11 is 0. The van der Waals surface area contributed by atoms with Crippen molar-refractivity contribution in [2.75, 3.05) is 25.1 Å². The van der Waals surface area contributed by atoms with Crippen LogP contribution in [-0.4, -0.2) is 35.8 Å². The van der Waals surface area contributed by atoms with Crippen LogP contribution in [0.15, 0.2) is 42.5 Å². The van der Waals surface area contributed by atoms with E-state index in [2.05, 4.69) is 15.5 Å². The molecule has 146 valence electrons. The molecule has 1 fully saturated rings. The number of methoxy groups -OCH3 is 1. The van der Waals surface area contributed by atoms with Crippen molar-refractivity contribution >= 4 is 29.4 Å². The number of rotatable bonds is 4. The SMILES string of the molecule is COc1ccc2nc(N3CCC[C@H](N)C3)n(Cc3ccc(C#N)cc3)c2c1.Cl. The Labute approximate surface area is 170 Å². The van der Waals surface area contributed by atoms with E-state index in [1.165, 1.54) is 0 Å². The number of halogens is 1. The number of hydrogen-bond acceptors (Lipinski definition) is 5. The Hall–Kier alpha value is -2.75. The first-order valence-corrected chi connectivity index (χ1v) is 9.22. The minimum atomic E-state index is 0. The van der Waals surface area contributed by atoms with Gasteiger partial charge in [0, 0.05) is 25.2 Å².